The molecule has 0 spiro atoms. The number of amides is 1. The van der Waals surface area contributed by atoms with Crippen molar-refractivity contribution in [3.8, 4) is 0 Å². The number of carbonyl (C=O) groups is 2. The summed E-state index contributed by atoms with van der Waals surface area (Å²) in [6.45, 7) is 0. The maximum absolute atomic E-state index is 11.8. The second-order valence-corrected chi connectivity index (χ2v) is 6.82. The minimum Gasteiger partial charge on any atom is -0.477 e. The van der Waals surface area contributed by atoms with Crippen molar-refractivity contribution in [3.05, 3.63) is 35.8 Å². The fraction of sp³-hybridized carbons (Fsp3) is 0.308. The van der Waals surface area contributed by atoms with Gasteiger partial charge in [-0.2, -0.15) is 0 Å². The van der Waals surface area contributed by atoms with Crippen LogP contribution in [0.25, 0.3) is 0 Å². The molecule has 2 aliphatic heterocycles. The zero-order valence-corrected chi connectivity index (χ0v) is 12.6. The summed E-state index contributed by atoms with van der Waals surface area (Å²) in [5.74, 6) is -0.279. The van der Waals surface area contributed by atoms with Crippen molar-refractivity contribution in [1.82, 2.24) is 9.88 Å². The van der Waals surface area contributed by atoms with Gasteiger partial charge in [-0.1, -0.05) is 0 Å². The van der Waals surface area contributed by atoms with E-state index in [2.05, 4.69) is 4.98 Å². The molecule has 2 atom stereocenters. The van der Waals surface area contributed by atoms with E-state index in [0.29, 0.717) is 11.5 Å². The number of carbonyl (C=O) groups excluding carboxylic acids is 1. The van der Waals surface area contributed by atoms with Crippen molar-refractivity contribution in [2.75, 3.05) is 11.5 Å². The number of thioether (sulfide) groups is 2. The van der Waals surface area contributed by atoms with Gasteiger partial charge in [0.15, 0.2) is 0 Å². The van der Waals surface area contributed by atoms with Gasteiger partial charge in [0.25, 0.3) is 0 Å². The van der Waals surface area contributed by atoms with Gasteiger partial charge in [-0.15, -0.1) is 23.5 Å². The number of pyridine rings is 1. The van der Waals surface area contributed by atoms with Gasteiger partial charge in [0, 0.05) is 28.8 Å². The average molecular weight is 323 g/mol. The highest BCUT2D eigenvalue weighted by Gasteiger charge is 2.51. The third kappa shape index (κ3) is 2.54. The van der Waals surface area contributed by atoms with Crippen molar-refractivity contribution in [2.24, 2.45) is 5.73 Å². The van der Waals surface area contributed by atoms with Crippen molar-refractivity contribution in [2.45, 2.75) is 16.3 Å². The Labute approximate surface area is 129 Å². The lowest BCUT2D eigenvalue weighted by Crippen LogP contribution is -2.68. The molecule has 2 aliphatic rings. The predicted octanol–water partition coefficient (Wildman–Crippen LogP) is 0.755. The number of carboxylic acid groups (broad SMARTS) is 1. The van der Waals surface area contributed by atoms with E-state index in [-0.39, 0.29) is 17.0 Å². The van der Waals surface area contributed by atoms with Gasteiger partial charge >= 0.3 is 5.97 Å². The summed E-state index contributed by atoms with van der Waals surface area (Å²) in [5, 5.41) is 9.17. The van der Waals surface area contributed by atoms with Crippen LogP contribution in [0, 0.1) is 0 Å². The van der Waals surface area contributed by atoms with Crippen LogP contribution in [0.1, 0.15) is 0 Å². The Morgan fingerprint density at radius 2 is 2.43 bits per heavy atom. The highest BCUT2D eigenvalue weighted by molar-refractivity contribution is 8.01. The van der Waals surface area contributed by atoms with Crippen LogP contribution in [0.15, 0.2) is 40.7 Å². The molecule has 8 heteroatoms. The fourth-order valence-electron chi connectivity index (χ4n) is 2.29. The Hall–Kier alpha value is -1.51. The Morgan fingerprint density at radius 3 is 3.10 bits per heavy atom. The third-order valence-corrected chi connectivity index (χ3v) is 5.77. The minimum atomic E-state index is -1.07. The SMILES string of the molecule is NC1C(=O)N2C(C(=O)O)=C(CSc3cccnc3)CS[C@@H]12. The lowest BCUT2D eigenvalue weighted by Gasteiger charge is -2.48. The zero-order chi connectivity index (χ0) is 15.0. The summed E-state index contributed by atoms with van der Waals surface area (Å²) in [6, 6.07) is 3.16. The molecule has 1 aromatic rings. The summed E-state index contributed by atoms with van der Waals surface area (Å²) in [4.78, 5) is 29.6. The van der Waals surface area contributed by atoms with Crippen LogP contribution in [0.3, 0.4) is 0 Å². The van der Waals surface area contributed by atoms with Crippen LogP contribution in [-0.2, 0) is 9.59 Å². The van der Waals surface area contributed by atoms with E-state index in [1.54, 1.807) is 12.4 Å². The first kappa shape index (κ1) is 14.4. The second-order valence-electron chi connectivity index (χ2n) is 4.67. The van der Waals surface area contributed by atoms with Gasteiger partial charge in [0.05, 0.1) is 0 Å². The van der Waals surface area contributed by atoms with Crippen molar-refractivity contribution in [3.63, 3.8) is 0 Å². The molecular weight excluding hydrogens is 310 g/mol. The number of carboxylic acids is 1. The molecule has 1 fully saturated rings. The molecule has 6 nitrogen and oxygen atoms in total. The molecule has 0 aromatic carbocycles. The molecule has 0 bridgehead atoms. The number of fused-ring (bicyclic) bond motifs is 1. The largest absolute Gasteiger partial charge is 0.477 e. The molecule has 1 saturated heterocycles. The smallest absolute Gasteiger partial charge is 0.352 e. The summed E-state index contributed by atoms with van der Waals surface area (Å²) in [5.41, 5.74) is 6.56. The molecule has 1 aromatic heterocycles. The number of aromatic nitrogens is 1. The van der Waals surface area contributed by atoms with Gasteiger partial charge in [0.1, 0.15) is 17.1 Å². The quantitative estimate of drug-likeness (QED) is 0.623. The van der Waals surface area contributed by atoms with Crippen LogP contribution in [0.5, 0.6) is 0 Å². The van der Waals surface area contributed by atoms with E-state index in [0.717, 1.165) is 10.5 Å². The average Bonchev–Trinajstić information content (AvgIpc) is 2.52. The molecule has 1 amide bonds. The number of hydrogen-bond donors (Lipinski definition) is 2. The fourth-order valence-corrected chi connectivity index (χ4v) is 4.61. The topological polar surface area (TPSA) is 96.5 Å². The summed E-state index contributed by atoms with van der Waals surface area (Å²) in [6.07, 6.45) is 3.42. The lowest BCUT2D eigenvalue weighted by molar-refractivity contribution is -0.147. The van der Waals surface area contributed by atoms with Crippen LogP contribution in [-0.4, -0.2) is 49.8 Å². The van der Waals surface area contributed by atoms with E-state index >= 15 is 0 Å². The number of nitrogens with two attached hydrogens (primary N) is 1. The lowest BCUT2D eigenvalue weighted by atomic mass is 10.0. The normalized spacial score (nSPS) is 24.6. The zero-order valence-electron chi connectivity index (χ0n) is 10.9. The first-order chi connectivity index (χ1) is 10.1. The van der Waals surface area contributed by atoms with Crippen LogP contribution in [0.4, 0.5) is 0 Å². The van der Waals surface area contributed by atoms with Gasteiger partial charge in [-0.3, -0.25) is 14.7 Å². The molecule has 1 unspecified atom stereocenters. The van der Waals surface area contributed by atoms with E-state index in [1.807, 2.05) is 12.1 Å². The van der Waals surface area contributed by atoms with Crippen LogP contribution < -0.4 is 5.73 Å². The number of hydrogen-bond acceptors (Lipinski definition) is 6. The Bertz CT molecular complexity index is 620. The highest BCUT2D eigenvalue weighted by atomic mass is 32.2. The highest BCUT2D eigenvalue weighted by Crippen LogP contribution is 2.40. The minimum absolute atomic E-state index is 0.0989. The number of aliphatic carboxylic acids is 1. The first-order valence-corrected chi connectivity index (χ1v) is 8.31. The monoisotopic (exact) mass is 323 g/mol. The summed E-state index contributed by atoms with van der Waals surface area (Å²) in [7, 11) is 0. The third-order valence-electron chi connectivity index (χ3n) is 3.34. The Balaban J connectivity index is 1.81. The number of nitrogens with zero attached hydrogens (tertiary/aromatic N) is 2. The molecular formula is C13H13N3O3S2. The second kappa shape index (κ2) is 5.70. The molecule has 3 N–H and O–H groups in total. The molecule has 3 rings (SSSR count). The molecule has 0 radical (unpaired) electrons. The van der Waals surface area contributed by atoms with Crippen LogP contribution >= 0.6 is 23.5 Å². The van der Waals surface area contributed by atoms with Gasteiger partial charge < -0.3 is 10.8 Å². The van der Waals surface area contributed by atoms with Crippen molar-refractivity contribution in [1.29, 1.82) is 0 Å². The molecule has 3 heterocycles. The Morgan fingerprint density at radius 1 is 1.62 bits per heavy atom. The van der Waals surface area contributed by atoms with E-state index in [1.165, 1.54) is 28.4 Å². The van der Waals surface area contributed by atoms with E-state index in [9.17, 15) is 14.7 Å². The maximum atomic E-state index is 11.8. The molecule has 0 saturated carbocycles. The summed E-state index contributed by atoms with van der Waals surface area (Å²) < 4.78 is 0. The van der Waals surface area contributed by atoms with E-state index in [4.69, 9.17) is 5.73 Å². The van der Waals surface area contributed by atoms with Crippen molar-refractivity contribution >= 4 is 35.4 Å². The summed E-state index contributed by atoms with van der Waals surface area (Å²) >= 11 is 3.03. The molecule has 110 valence electrons. The van der Waals surface area contributed by atoms with Crippen molar-refractivity contribution < 1.29 is 14.7 Å². The molecule has 0 aliphatic carbocycles. The van der Waals surface area contributed by atoms with Gasteiger partial charge in [-0.25, -0.2) is 4.79 Å². The molecule has 21 heavy (non-hydrogen) atoms. The van der Waals surface area contributed by atoms with E-state index < -0.39 is 12.0 Å². The Kier molecular flexibility index (Phi) is 3.92. The first-order valence-electron chi connectivity index (χ1n) is 6.28. The number of rotatable bonds is 4. The van der Waals surface area contributed by atoms with Gasteiger partial charge in [-0.05, 0) is 17.7 Å². The standard InChI is InChI=1S/C13H13N3O3S2/c14-9-11(17)16-10(13(18)19)7(6-21-12(9)16)5-20-8-2-1-3-15-4-8/h1-4,9,12H,5-6,14H2,(H,18,19)/t9?,12-/m0/s1. The predicted molar refractivity (Wildman–Crippen MR) is 80.7 cm³/mol. The van der Waals surface area contributed by atoms with Gasteiger partial charge in [0.2, 0.25) is 5.91 Å². The van der Waals surface area contributed by atoms with Crippen LogP contribution in [0.2, 0.25) is 0 Å². The maximum Gasteiger partial charge on any atom is 0.352 e. The number of β-lactam (4-membered cyclic amide) rings is 1.